The number of anilines is 1. The SMILES string of the molecule is CN(CCOc1cccc(N)c1)Cc1nccn1C. The molecule has 2 aromatic rings. The Bertz CT molecular complexity index is 524. The molecule has 0 bridgehead atoms. The van der Waals surface area contributed by atoms with Crippen molar-refractivity contribution in [2.75, 3.05) is 25.9 Å². The number of rotatable bonds is 6. The number of nitrogens with zero attached hydrogens (tertiary/aromatic N) is 3. The molecule has 5 nitrogen and oxygen atoms in total. The molecule has 2 rings (SSSR count). The number of benzene rings is 1. The highest BCUT2D eigenvalue weighted by Gasteiger charge is 2.04. The zero-order valence-corrected chi connectivity index (χ0v) is 11.4. The van der Waals surface area contributed by atoms with E-state index in [4.69, 9.17) is 10.5 Å². The summed E-state index contributed by atoms with van der Waals surface area (Å²) in [4.78, 5) is 6.47. The number of imidazole rings is 1. The van der Waals surface area contributed by atoms with Gasteiger partial charge in [-0.1, -0.05) is 6.07 Å². The van der Waals surface area contributed by atoms with Gasteiger partial charge in [0.1, 0.15) is 18.2 Å². The van der Waals surface area contributed by atoms with E-state index in [2.05, 4.69) is 16.9 Å². The average molecular weight is 260 g/mol. The first-order valence-corrected chi connectivity index (χ1v) is 6.28. The third-order valence-electron chi connectivity index (χ3n) is 2.93. The van der Waals surface area contributed by atoms with Crippen molar-refractivity contribution in [2.24, 2.45) is 7.05 Å². The first kappa shape index (κ1) is 13.4. The molecule has 0 saturated heterocycles. The maximum absolute atomic E-state index is 5.70. The van der Waals surface area contributed by atoms with E-state index in [1.807, 2.05) is 48.3 Å². The minimum atomic E-state index is 0.629. The molecule has 1 aromatic heterocycles. The summed E-state index contributed by atoms with van der Waals surface area (Å²) < 4.78 is 7.68. The van der Waals surface area contributed by atoms with Crippen LogP contribution in [0.25, 0.3) is 0 Å². The van der Waals surface area contributed by atoms with Crippen LogP contribution in [0.5, 0.6) is 5.75 Å². The van der Waals surface area contributed by atoms with Gasteiger partial charge in [0.05, 0.1) is 6.54 Å². The summed E-state index contributed by atoms with van der Waals surface area (Å²) in [5, 5.41) is 0. The number of likely N-dealkylation sites (N-methyl/N-ethyl adjacent to an activating group) is 1. The highest BCUT2D eigenvalue weighted by Crippen LogP contribution is 2.14. The summed E-state index contributed by atoms with van der Waals surface area (Å²) in [7, 11) is 4.05. The molecule has 19 heavy (non-hydrogen) atoms. The normalized spacial score (nSPS) is 10.9. The van der Waals surface area contributed by atoms with E-state index < -0.39 is 0 Å². The van der Waals surface area contributed by atoms with Gasteiger partial charge in [-0.05, 0) is 19.2 Å². The van der Waals surface area contributed by atoms with E-state index in [1.54, 1.807) is 0 Å². The minimum absolute atomic E-state index is 0.629. The molecule has 0 aliphatic heterocycles. The van der Waals surface area contributed by atoms with Crippen LogP contribution in [-0.4, -0.2) is 34.7 Å². The second kappa shape index (κ2) is 6.24. The first-order chi connectivity index (χ1) is 9.15. The number of hydrogen-bond donors (Lipinski definition) is 1. The highest BCUT2D eigenvalue weighted by atomic mass is 16.5. The van der Waals surface area contributed by atoms with E-state index in [0.717, 1.165) is 30.4 Å². The van der Waals surface area contributed by atoms with Gasteiger partial charge in [-0.25, -0.2) is 4.98 Å². The highest BCUT2D eigenvalue weighted by molar-refractivity contribution is 5.43. The monoisotopic (exact) mass is 260 g/mol. The molecular weight excluding hydrogens is 240 g/mol. The number of nitrogens with two attached hydrogens (primary N) is 1. The van der Waals surface area contributed by atoms with Gasteiger partial charge in [-0.2, -0.15) is 0 Å². The third kappa shape index (κ3) is 3.99. The van der Waals surface area contributed by atoms with Gasteiger partial charge in [0, 0.05) is 37.7 Å². The molecule has 0 spiro atoms. The third-order valence-corrected chi connectivity index (χ3v) is 2.93. The molecule has 0 unspecified atom stereocenters. The van der Waals surface area contributed by atoms with Crippen molar-refractivity contribution in [1.82, 2.24) is 14.5 Å². The van der Waals surface area contributed by atoms with Gasteiger partial charge in [0.25, 0.3) is 0 Å². The fourth-order valence-corrected chi connectivity index (χ4v) is 1.79. The molecule has 5 heteroatoms. The second-order valence-electron chi connectivity index (χ2n) is 4.61. The van der Waals surface area contributed by atoms with Crippen molar-refractivity contribution in [3.05, 3.63) is 42.5 Å². The summed E-state index contributed by atoms with van der Waals surface area (Å²) in [6, 6.07) is 7.48. The molecule has 1 aromatic carbocycles. The van der Waals surface area contributed by atoms with E-state index in [1.165, 1.54) is 0 Å². The van der Waals surface area contributed by atoms with Crippen molar-refractivity contribution in [3.8, 4) is 5.75 Å². The lowest BCUT2D eigenvalue weighted by Crippen LogP contribution is -2.25. The molecule has 102 valence electrons. The van der Waals surface area contributed by atoms with E-state index in [-0.39, 0.29) is 0 Å². The van der Waals surface area contributed by atoms with Gasteiger partial charge in [-0.15, -0.1) is 0 Å². The number of aryl methyl sites for hydroxylation is 1. The molecule has 1 heterocycles. The van der Waals surface area contributed by atoms with Gasteiger partial charge in [0.15, 0.2) is 0 Å². The molecule has 0 saturated carbocycles. The Labute approximate surface area is 113 Å². The molecule has 0 radical (unpaired) electrons. The van der Waals surface area contributed by atoms with E-state index in [0.29, 0.717) is 6.61 Å². The van der Waals surface area contributed by atoms with Gasteiger partial charge in [-0.3, -0.25) is 4.90 Å². The number of ether oxygens (including phenoxy) is 1. The predicted molar refractivity (Wildman–Crippen MR) is 75.9 cm³/mol. The average Bonchev–Trinajstić information content (AvgIpc) is 2.75. The Kier molecular flexibility index (Phi) is 4.41. The molecular formula is C14H20N4O. The lowest BCUT2D eigenvalue weighted by atomic mass is 10.3. The fourth-order valence-electron chi connectivity index (χ4n) is 1.79. The maximum atomic E-state index is 5.70. The van der Waals surface area contributed by atoms with Crippen LogP contribution in [0.1, 0.15) is 5.82 Å². The van der Waals surface area contributed by atoms with Crippen molar-refractivity contribution < 1.29 is 4.74 Å². The Morgan fingerprint density at radius 3 is 2.95 bits per heavy atom. The van der Waals surface area contributed by atoms with Crippen LogP contribution in [0, 0.1) is 0 Å². The van der Waals surface area contributed by atoms with Crippen LogP contribution >= 0.6 is 0 Å². The summed E-state index contributed by atoms with van der Waals surface area (Å²) in [6.07, 6.45) is 3.76. The lowest BCUT2D eigenvalue weighted by molar-refractivity contribution is 0.228. The molecule has 0 aliphatic rings. The molecule has 2 N–H and O–H groups in total. The first-order valence-electron chi connectivity index (χ1n) is 6.28. The second-order valence-corrected chi connectivity index (χ2v) is 4.61. The van der Waals surface area contributed by atoms with Crippen molar-refractivity contribution in [3.63, 3.8) is 0 Å². The van der Waals surface area contributed by atoms with Gasteiger partial charge < -0.3 is 15.0 Å². The number of aromatic nitrogens is 2. The summed E-state index contributed by atoms with van der Waals surface area (Å²) in [5.41, 5.74) is 6.42. The Morgan fingerprint density at radius 2 is 2.26 bits per heavy atom. The topological polar surface area (TPSA) is 56.3 Å². The minimum Gasteiger partial charge on any atom is -0.492 e. The lowest BCUT2D eigenvalue weighted by Gasteiger charge is -2.16. The molecule has 0 aliphatic carbocycles. The van der Waals surface area contributed by atoms with Crippen LogP contribution in [0.15, 0.2) is 36.7 Å². The Hall–Kier alpha value is -2.01. The van der Waals surface area contributed by atoms with E-state index >= 15 is 0 Å². The van der Waals surface area contributed by atoms with Crippen LogP contribution in [0.3, 0.4) is 0 Å². The standard InChI is InChI=1S/C14H20N4O/c1-17(11-14-16-6-7-18(14)2)8-9-19-13-5-3-4-12(15)10-13/h3-7,10H,8-9,11,15H2,1-2H3. The zero-order valence-electron chi connectivity index (χ0n) is 11.4. The Balaban J connectivity index is 1.75. The molecule has 0 atom stereocenters. The van der Waals surface area contributed by atoms with Gasteiger partial charge in [0.2, 0.25) is 0 Å². The molecule has 0 fully saturated rings. The predicted octanol–water partition coefficient (Wildman–Crippen LogP) is 1.51. The van der Waals surface area contributed by atoms with Crippen LogP contribution in [0.2, 0.25) is 0 Å². The van der Waals surface area contributed by atoms with Crippen LogP contribution < -0.4 is 10.5 Å². The smallest absolute Gasteiger partial charge is 0.122 e. The quantitative estimate of drug-likeness (QED) is 0.800. The van der Waals surface area contributed by atoms with Crippen LogP contribution in [-0.2, 0) is 13.6 Å². The zero-order chi connectivity index (χ0) is 13.7. The maximum Gasteiger partial charge on any atom is 0.122 e. The largest absolute Gasteiger partial charge is 0.492 e. The Morgan fingerprint density at radius 1 is 1.42 bits per heavy atom. The van der Waals surface area contributed by atoms with Gasteiger partial charge >= 0.3 is 0 Å². The van der Waals surface area contributed by atoms with E-state index in [9.17, 15) is 0 Å². The summed E-state index contributed by atoms with van der Waals surface area (Å²) >= 11 is 0. The fraction of sp³-hybridized carbons (Fsp3) is 0.357. The van der Waals surface area contributed by atoms with Crippen molar-refractivity contribution in [1.29, 1.82) is 0 Å². The molecule has 0 amide bonds. The van der Waals surface area contributed by atoms with Crippen molar-refractivity contribution in [2.45, 2.75) is 6.54 Å². The van der Waals surface area contributed by atoms with Crippen LogP contribution in [0.4, 0.5) is 5.69 Å². The summed E-state index contributed by atoms with van der Waals surface area (Å²) in [6.45, 7) is 2.27. The number of nitrogen functional groups attached to an aromatic ring is 1. The summed E-state index contributed by atoms with van der Waals surface area (Å²) in [5.74, 6) is 1.86. The number of hydrogen-bond acceptors (Lipinski definition) is 4. The van der Waals surface area contributed by atoms with Crippen molar-refractivity contribution >= 4 is 5.69 Å².